The molecule has 0 unspecified atom stereocenters. The SMILES string of the molecule is CCOc1ccc([C@H]2C(C(=O)Nc3ccccc3)=C(C)N=c3s/c(=C\c4cc(Br)cc(I)c4OCc4ccc([N+](=O)[O-])cc4)c(=O)n32)cc1. The highest BCUT2D eigenvalue weighted by molar-refractivity contribution is 14.1. The van der Waals surface area contributed by atoms with Crippen LogP contribution in [0.4, 0.5) is 11.4 Å². The molecule has 0 fully saturated rings. The van der Waals surface area contributed by atoms with Crippen LogP contribution in [-0.4, -0.2) is 22.0 Å². The number of non-ortho nitro benzene ring substituents is 1. The van der Waals surface area contributed by atoms with E-state index in [1.54, 1.807) is 41.8 Å². The van der Waals surface area contributed by atoms with Gasteiger partial charge in [0.2, 0.25) is 0 Å². The molecular weight excluding hydrogens is 823 g/mol. The van der Waals surface area contributed by atoms with Gasteiger partial charge in [0, 0.05) is 27.9 Å². The van der Waals surface area contributed by atoms with E-state index in [2.05, 4.69) is 43.8 Å². The molecule has 1 N–H and O–H groups in total. The Hall–Kier alpha value is -4.60. The van der Waals surface area contributed by atoms with Crippen LogP contribution in [-0.2, 0) is 11.4 Å². The predicted octanol–water partition coefficient (Wildman–Crippen LogP) is 7.13. The molecule has 4 aromatic carbocycles. The predicted molar refractivity (Wildman–Crippen MR) is 201 cm³/mol. The van der Waals surface area contributed by atoms with Crippen molar-refractivity contribution in [3.8, 4) is 11.5 Å². The van der Waals surface area contributed by atoms with Crippen LogP contribution in [0.2, 0.25) is 0 Å². The lowest BCUT2D eigenvalue weighted by Crippen LogP contribution is -2.40. The van der Waals surface area contributed by atoms with E-state index in [0.717, 1.165) is 19.2 Å². The second-order valence-corrected chi connectivity index (χ2v) is 14.0. The van der Waals surface area contributed by atoms with E-state index < -0.39 is 11.0 Å². The second kappa shape index (κ2) is 14.9. The number of nitrogens with zero attached hydrogens (tertiary/aromatic N) is 3. The number of allylic oxidation sites excluding steroid dienone is 1. The minimum Gasteiger partial charge on any atom is -0.494 e. The summed E-state index contributed by atoms with van der Waals surface area (Å²) in [5, 5.41) is 14.0. The fourth-order valence-corrected chi connectivity index (χ4v) is 8.15. The topological polar surface area (TPSA) is 125 Å². The molecule has 0 radical (unpaired) electrons. The van der Waals surface area contributed by atoms with Crippen molar-refractivity contribution < 1.29 is 19.2 Å². The molecule has 13 heteroatoms. The van der Waals surface area contributed by atoms with Crippen molar-refractivity contribution in [1.29, 1.82) is 0 Å². The number of nitro groups is 1. The van der Waals surface area contributed by atoms with Crippen molar-refractivity contribution in [2.75, 3.05) is 11.9 Å². The average Bonchev–Trinajstić information content (AvgIpc) is 3.38. The van der Waals surface area contributed by atoms with E-state index in [1.165, 1.54) is 23.5 Å². The minimum atomic E-state index is -0.752. The first kappa shape index (κ1) is 34.3. The number of nitro benzene ring substituents is 1. The summed E-state index contributed by atoms with van der Waals surface area (Å²) in [6.07, 6.45) is 1.76. The third-order valence-corrected chi connectivity index (χ3v) is 9.90. The molecule has 0 aliphatic carbocycles. The van der Waals surface area contributed by atoms with Crippen molar-refractivity contribution in [3.63, 3.8) is 0 Å². The Bertz CT molecular complexity index is 2270. The number of carbonyl (C=O) groups excluding carboxylic acids is 1. The number of amides is 1. The van der Waals surface area contributed by atoms with Crippen LogP contribution < -0.4 is 29.7 Å². The van der Waals surface area contributed by atoms with Gasteiger partial charge in [-0.2, -0.15) is 0 Å². The first-order valence-electron chi connectivity index (χ1n) is 15.1. The Morgan fingerprint density at radius 3 is 2.47 bits per heavy atom. The van der Waals surface area contributed by atoms with Gasteiger partial charge in [-0.3, -0.25) is 24.3 Å². The molecule has 1 amide bonds. The van der Waals surface area contributed by atoms with Gasteiger partial charge in [0.1, 0.15) is 18.1 Å². The highest BCUT2D eigenvalue weighted by Crippen LogP contribution is 2.33. The maximum absolute atomic E-state index is 14.3. The molecule has 6 rings (SSSR count). The van der Waals surface area contributed by atoms with Crippen LogP contribution in [0, 0.1) is 13.7 Å². The molecule has 5 aromatic rings. The average molecular weight is 852 g/mol. The highest BCUT2D eigenvalue weighted by atomic mass is 127. The van der Waals surface area contributed by atoms with Crippen LogP contribution in [0.15, 0.2) is 117 Å². The number of thiazole rings is 1. The van der Waals surface area contributed by atoms with Gasteiger partial charge in [-0.05, 0) is 102 Å². The largest absolute Gasteiger partial charge is 0.494 e. The summed E-state index contributed by atoms with van der Waals surface area (Å²) in [6, 6.07) is 25.7. The van der Waals surface area contributed by atoms with E-state index in [-0.39, 0.29) is 23.8 Å². The van der Waals surface area contributed by atoms with E-state index in [1.807, 2.05) is 61.5 Å². The van der Waals surface area contributed by atoms with Crippen LogP contribution in [0.3, 0.4) is 0 Å². The molecule has 0 bridgehead atoms. The van der Waals surface area contributed by atoms with E-state index >= 15 is 0 Å². The number of ether oxygens (including phenoxy) is 2. The maximum atomic E-state index is 14.3. The van der Waals surface area contributed by atoms with Gasteiger partial charge in [0.05, 0.1) is 36.9 Å². The number of para-hydroxylation sites is 1. The lowest BCUT2D eigenvalue weighted by atomic mass is 9.95. The van der Waals surface area contributed by atoms with Crippen LogP contribution in [0.25, 0.3) is 6.08 Å². The first-order chi connectivity index (χ1) is 23.6. The van der Waals surface area contributed by atoms with Crippen LogP contribution in [0.1, 0.15) is 36.6 Å². The Labute approximate surface area is 306 Å². The van der Waals surface area contributed by atoms with Crippen molar-refractivity contribution in [2.45, 2.75) is 26.5 Å². The van der Waals surface area contributed by atoms with E-state index in [4.69, 9.17) is 14.5 Å². The Balaban J connectivity index is 1.43. The zero-order valence-electron chi connectivity index (χ0n) is 26.2. The van der Waals surface area contributed by atoms with Crippen molar-refractivity contribution in [1.82, 2.24) is 4.57 Å². The minimum absolute atomic E-state index is 0.00230. The monoisotopic (exact) mass is 850 g/mol. The van der Waals surface area contributed by atoms with Crippen molar-refractivity contribution in [2.24, 2.45) is 4.99 Å². The van der Waals surface area contributed by atoms with Gasteiger partial charge in [-0.1, -0.05) is 57.6 Å². The zero-order chi connectivity index (χ0) is 34.7. The van der Waals surface area contributed by atoms with Gasteiger partial charge in [0.25, 0.3) is 17.2 Å². The summed E-state index contributed by atoms with van der Waals surface area (Å²) in [5.41, 5.74) is 3.31. The van der Waals surface area contributed by atoms with Crippen LogP contribution in [0.5, 0.6) is 11.5 Å². The number of nitrogens with one attached hydrogen (secondary N) is 1. The molecule has 0 saturated carbocycles. The molecule has 1 atom stereocenters. The smallest absolute Gasteiger partial charge is 0.271 e. The molecule has 1 aliphatic heterocycles. The fraction of sp³-hybridized carbons (Fsp3) is 0.139. The summed E-state index contributed by atoms with van der Waals surface area (Å²) < 4.78 is 15.5. The third kappa shape index (κ3) is 7.53. The molecule has 1 aliphatic rings. The van der Waals surface area contributed by atoms with Gasteiger partial charge in [-0.15, -0.1) is 0 Å². The summed E-state index contributed by atoms with van der Waals surface area (Å²) >= 11 is 6.97. The summed E-state index contributed by atoms with van der Waals surface area (Å²) in [6.45, 7) is 4.35. The number of carbonyl (C=O) groups is 1. The number of fused-ring (bicyclic) bond motifs is 1. The normalized spacial score (nSPS) is 14.2. The molecule has 2 heterocycles. The quantitative estimate of drug-likeness (QED) is 0.0907. The van der Waals surface area contributed by atoms with Gasteiger partial charge in [-0.25, -0.2) is 4.99 Å². The summed E-state index contributed by atoms with van der Waals surface area (Å²) in [5.74, 6) is 0.874. The molecule has 10 nitrogen and oxygen atoms in total. The number of benzene rings is 4. The van der Waals surface area contributed by atoms with Gasteiger partial charge < -0.3 is 14.8 Å². The number of anilines is 1. The molecular formula is C36H28BrIN4O6S. The zero-order valence-corrected chi connectivity index (χ0v) is 30.7. The molecule has 49 heavy (non-hydrogen) atoms. The summed E-state index contributed by atoms with van der Waals surface area (Å²) in [4.78, 5) is 44.1. The van der Waals surface area contributed by atoms with Gasteiger partial charge >= 0.3 is 0 Å². The van der Waals surface area contributed by atoms with E-state index in [0.29, 0.717) is 50.0 Å². The molecule has 0 saturated heterocycles. The number of halogens is 2. The van der Waals surface area contributed by atoms with Crippen molar-refractivity contribution in [3.05, 3.63) is 157 Å². The highest BCUT2D eigenvalue weighted by Gasteiger charge is 2.32. The third-order valence-electron chi connectivity index (χ3n) is 7.66. The Morgan fingerprint density at radius 2 is 1.80 bits per heavy atom. The lowest BCUT2D eigenvalue weighted by molar-refractivity contribution is -0.384. The molecule has 1 aromatic heterocycles. The Morgan fingerprint density at radius 1 is 1.08 bits per heavy atom. The van der Waals surface area contributed by atoms with E-state index in [9.17, 15) is 19.7 Å². The number of hydrogen-bond donors (Lipinski definition) is 1. The Kier molecular flexibility index (Phi) is 10.4. The number of rotatable bonds is 10. The summed E-state index contributed by atoms with van der Waals surface area (Å²) in [7, 11) is 0. The van der Waals surface area contributed by atoms with Crippen LogP contribution >= 0.6 is 49.9 Å². The molecule has 248 valence electrons. The molecule has 0 spiro atoms. The first-order valence-corrected chi connectivity index (χ1v) is 17.8. The number of aromatic nitrogens is 1. The second-order valence-electron chi connectivity index (χ2n) is 10.9. The van der Waals surface area contributed by atoms with Crippen molar-refractivity contribution >= 4 is 73.2 Å². The maximum Gasteiger partial charge on any atom is 0.271 e. The van der Waals surface area contributed by atoms with Gasteiger partial charge in [0.15, 0.2) is 4.80 Å². The fourth-order valence-electron chi connectivity index (χ4n) is 5.41. The lowest BCUT2D eigenvalue weighted by Gasteiger charge is -2.25. The number of hydrogen-bond acceptors (Lipinski definition) is 8. The standard InChI is InChI=1S/C36H28BrIN4O6S/c1-3-47-28-15-11-23(12-16-28)32-31(34(43)40-26-7-5-4-6-8-26)21(2)39-36-41(32)35(44)30(49-36)18-24-17-25(37)19-29(38)33(24)48-20-22-9-13-27(14-10-22)42(45)46/h4-19,32H,3,20H2,1-2H3,(H,40,43)/b30-18-/t32-/m0/s1.